The molecule has 0 fully saturated rings. The Labute approximate surface area is 266 Å². The number of benzene rings is 3. The zero-order chi connectivity index (χ0) is 31.9. The van der Waals surface area contributed by atoms with Crippen LogP contribution in [-0.2, 0) is 25.0 Å². The van der Waals surface area contributed by atoms with Gasteiger partial charge in [-0.1, -0.05) is 60.2 Å². The second-order valence-electron chi connectivity index (χ2n) is 11.2. The fourth-order valence-electron chi connectivity index (χ4n) is 5.55. The van der Waals surface area contributed by atoms with E-state index in [4.69, 9.17) is 11.3 Å². The van der Waals surface area contributed by atoms with E-state index >= 15 is 0 Å². The van der Waals surface area contributed by atoms with E-state index in [1.165, 1.54) is 22.4 Å². The van der Waals surface area contributed by atoms with Gasteiger partial charge < -0.3 is 4.74 Å². The van der Waals surface area contributed by atoms with Crippen LogP contribution in [0.5, 0.6) is 0 Å². The predicted octanol–water partition coefficient (Wildman–Crippen LogP) is 8.65. The Hall–Kier alpha value is -5.04. The van der Waals surface area contributed by atoms with Crippen molar-refractivity contribution in [2.75, 3.05) is 7.11 Å². The summed E-state index contributed by atoms with van der Waals surface area (Å²) >= 11 is 1.32. The number of hydrogen-bond acceptors (Lipinski definition) is 6. The van der Waals surface area contributed by atoms with E-state index in [0.29, 0.717) is 38.5 Å². The lowest BCUT2D eigenvalue weighted by Gasteiger charge is -2.22. The number of carbonyl (C=O) groups is 1. The van der Waals surface area contributed by atoms with Crippen LogP contribution in [0.4, 0.5) is 5.00 Å². The molecule has 3 heterocycles. The highest BCUT2D eigenvalue weighted by atomic mass is 32.2. The number of nitrogens with zero attached hydrogens (tertiary/aromatic N) is 3. The largest absolute Gasteiger partial charge is 0.468 e. The first-order chi connectivity index (χ1) is 21.6. The molecule has 224 valence electrons. The molecule has 0 N–H and O–H groups in total. The van der Waals surface area contributed by atoms with Gasteiger partial charge in [0.05, 0.1) is 35.2 Å². The summed E-state index contributed by atoms with van der Waals surface area (Å²) in [6, 6.07) is 25.6. The van der Waals surface area contributed by atoms with E-state index in [9.17, 15) is 13.2 Å². The second kappa shape index (κ2) is 11.5. The normalized spacial score (nSPS) is 11.8. The number of ether oxygens (including phenoxy) is 1. The van der Waals surface area contributed by atoms with Crippen molar-refractivity contribution in [3.8, 4) is 33.5 Å². The van der Waals surface area contributed by atoms with E-state index in [0.717, 1.165) is 22.1 Å². The molecular weight excluding hydrogens is 603 g/mol. The van der Waals surface area contributed by atoms with Crippen molar-refractivity contribution in [1.29, 1.82) is 0 Å². The number of thiophene rings is 1. The maximum absolute atomic E-state index is 14.5. The van der Waals surface area contributed by atoms with Crippen molar-refractivity contribution in [1.82, 2.24) is 8.96 Å². The monoisotopic (exact) mass is 631 g/mol. The lowest BCUT2D eigenvalue weighted by atomic mass is 9.84. The summed E-state index contributed by atoms with van der Waals surface area (Å²) in [7, 11) is -2.73. The minimum absolute atomic E-state index is 0.162. The smallest absolute Gasteiger partial charge is 0.315 e. The second-order valence-corrected chi connectivity index (χ2v) is 13.9. The summed E-state index contributed by atoms with van der Waals surface area (Å²) in [6.07, 6.45) is 3.36. The highest BCUT2D eigenvalue weighted by Gasteiger charge is 2.32. The van der Waals surface area contributed by atoms with Crippen molar-refractivity contribution >= 4 is 43.2 Å². The Morgan fingerprint density at radius 2 is 1.67 bits per heavy atom. The summed E-state index contributed by atoms with van der Waals surface area (Å²) in [5.74, 6) is -0.378. The predicted molar refractivity (Wildman–Crippen MR) is 179 cm³/mol. The number of hydrogen-bond donors (Lipinski definition) is 0. The average Bonchev–Trinajstić information content (AvgIpc) is 3.67. The zero-order valence-corrected chi connectivity index (χ0v) is 26.7. The Kier molecular flexibility index (Phi) is 7.65. The zero-order valence-electron chi connectivity index (χ0n) is 25.1. The fourth-order valence-corrected chi connectivity index (χ4v) is 7.78. The van der Waals surface area contributed by atoms with E-state index in [1.54, 1.807) is 56.6 Å². The molecule has 0 aliphatic rings. The molecule has 9 heteroatoms. The number of carbonyl (C=O) groups excluding carboxylic acids is 1. The summed E-state index contributed by atoms with van der Waals surface area (Å²) in [4.78, 5) is 20.9. The maximum Gasteiger partial charge on any atom is 0.315 e. The van der Waals surface area contributed by atoms with Gasteiger partial charge in [-0.2, -0.15) is 11.3 Å². The quantitative estimate of drug-likeness (QED) is 0.130. The standard InChI is InChI=1S/C36H29N3O4S2/c1-23-13-15-28(16-14-23)45(41,42)39-31-12-7-6-11-29(31)32(30-17-18-44-34(30)37-4)33(39)25-10-8-9-24(19-25)26-20-27(22-38-21-26)36(2,3)35(40)43-5/h6-22H,1-3,5H3. The minimum atomic E-state index is -4.09. The number of esters is 1. The third kappa shape index (κ3) is 5.12. The Morgan fingerprint density at radius 3 is 2.40 bits per heavy atom. The van der Waals surface area contributed by atoms with Gasteiger partial charge in [0, 0.05) is 40.0 Å². The highest BCUT2D eigenvalue weighted by Crippen LogP contribution is 2.48. The van der Waals surface area contributed by atoms with Crippen LogP contribution in [0, 0.1) is 13.5 Å². The molecule has 6 aromatic rings. The molecule has 0 radical (unpaired) electrons. The van der Waals surface area contributed by atoms with Crippen molar-refractivity contribution < 1.29 is 17.9 Å². The molecule has 0 spiro atoms. The van der Waals surface area contributed by atoms with Gasteiger partial charge in [-0.15, -0.1) is 0 Å². The van der Waals surface area contributed by atoms with Crippen LogP contribution < -0.4 is 0 Å². The number of fused-ring (bicyclic) bond motifs is 1. The maximum atomic E-state index is 14.5. The van der Waals surface area contributed by atoms with Crippen LogP contribution >= 0.6 is 11.3 Å². The summed E-state index contributed by atoms with van der Waals surface area (Å²) in [5, 5.41) is 3.05. The van der Waals surface area contributed by atoms with E-state index in [2.05, 4.69) is 9.83 Å². The molecule has 0 atom stereocenters. The molecule has 0 unspecified atom stereocenters. The molecule has 6 rings (SSSR count). The lowest BCUT2D eigenvalue weighted by Crippen LogP contribution is -2.30. The number of rotatable bonds is 7. The van der Waals surface area contributed by atoms with Gasteiger partial charge in [-0.3, -0.25) is 9.78 Å². The SMILES string of the molecule is [C-]#[N+]c1sccc1-c1c(-c2cccc(-c3cncc(C(C)(C)C(=O)OC)c3)c2)n(S(=O)(=O)c2ccc(C)cc2)c2ccccc12. The number of aromatic nitrogens is 2. The van der Waals surface area contributed by atoms with Crippen LogP contribution in [0.2, 0.25) is 0 Å². The van der Waals surface area contributed by atoms with Gasteiger partial charge in [0.25, 0.3) is 10.0 Å². The van der Waals surface area contributed by atoms with Gasteiger partial charge in [0.1, 0.15) is 0 Å². The summed E-state index contributed by atoms with van der Waals surface area (Å²) < 4.78 is 35.5. The molecule has 0 saturated carbocycles. The van der Waals surface area contributed by atoms with Crippen molar-refractivity contribution in [2.24, 2.45) is 0 Å². The Morgan fingerprint density at radius 1 is 0.933 bits per heavy atom. The minimum Gasteiger partial charge on any atom is -0.468 e. The molecule has 0 amide bonds. The van der Waals surface area contributed by atoms with Crippen LogP contribution in [-0.4, -0.2) is 30.5 Å². The van der Waals surface area contributed by atoms with Gasteiger partial charge in [-0.25, -0.2) is 17.2 Å². The van der Waals surface area contributed by atoms with Gasteiger partial charge in [0.15, 0.2) is 0 Å². The molecule has 45 heavy (non-hydrogen) atoms. The molecule has 0 saturated heterocycles. The molecule has 3 aromatic heterocycles. The van der Waals surface area contributed by atoms with Crippen molar-refractivity contribution in [3.63, 3.8) is 0 Å². The molecule has 0 aliphatic heterocycles. The number of pyridine rings is 1. The van der Waals surface area contributed by atoms with Crippen molar-refractivity contribution in [2.45, 2.75) is 31.1 Å². The third-order valence-corrected chi connectivity index (χ3v) is 10.6. The van der Waals surface area contributed by atoms with Gasteiger partial charge in [0.2, 0.25) is 5.00 Å². The van der Waals surface area contributed by atoms with Gasteiger partial charge >= 0.3 is 5.97 Å². The van der Waals surface area contributed by atoms with E-state index in [1.807, 2.05) is 66.9 Å². The average molecular weight is 632 g/mol. The topological polar surface area (TPSA) is 82.6 Å². The molecule has 0 bridgehead atoms. The number of aryl methyl sites for hydroxylation is 1. The summed E-state index contributed by atoms with van der Waals surface area (Å²) in [6.45, 7) is 13.3. The Balaban J connectivity index is 1.66. The van der Waals surface area contributed by atoms with E-state index < -0.39 is 15.4 Å². The molecule has 7 nitrogen and oxygen atoms in total. The van der Waals surface area contributed by atoms with Crippen LogP contribution in [0.3, 0.4) is 0 Å². The van der Waals surface area contributed by atoms with Crippen LogP contribution in [0.1, 0.15) is 25.0 Å². The summed E-state index contributed by atoms with van der Waals surface area (Å²) in [5.41, 5.74) is 5.22. The third-order valence-electron chi connectivity index (χ3n) is 8.03. The number of methoxy groups -OCH3 is 1. The highest BCUT2D eigenvalue weighted by molar-refractivity contribution is 7.90. The van der Waals surface area contributed by atoms with Crippen LogP contribution in [0.15, 0.2) is 108 Å². The molecular formula is C36H29N3O4S2. The molecule has 0 aliphatic carbocycles. The van der Waals surface area contributed by atoms with Crippen LogP contribution in [0.25, 0.3) is 49.3 Å². The first-order valence-electron chi connectivity index (χ1n) is 14.1. The van der Waals surface area contributed by atoms with Crippen molar-refractivity contribution in [3.05, 3.63) is 125 Å². The number of para-hydroxylation sites is 1. The van der Waals surface area contributed by atoms with Gasteiger partial charge in [-0.05, 0) is 67.6 Å². The lowest BCUT2D eigenvalue weighted by molar-refractivity contribution is -0.146. The van der Waals surface area contributed by atoms with E-state index in [-0.39, 0.29) is 10.9 Å². The first kappa shape index (κ1) is 30.0. The first-order valence-corrected chi connectivity index (χ1v) is 16.5. The Bertz CT molecular complexity index is 2240. The fraction of sp³-hybridized carbons (Fsp3) is 0.139. The molecule has 3 aromatic carbocycles.